The Morgan fingerprint density at radius 2 is 0.639 bits per heavy atom. The number of unbranched alkanes of at least 4 members (excludes halogenated alkanes) is 20. The zero-order chi connectivity index (χ0) is 43.6. The largest absolute Gasteiger partial charge is 2.00 e. The van der Waals surface area contributed by atoms with Crippen LogP contribution in [0.15, 0.2) is 70.5 Å². The third-order valence-electron chi connectivity index (χ3n) is 12.0. The first kappa shape index (κ1) is 55.6. The predicted molar refractivity (Wildman–Crippen MR) is 258 cm³/mol. The van der Waals surface area contributed by atoms with Crippen molar-refractivity contribution >= 4 is 79.5 Å². The quantitative estimate of drug-likeness (QED) is 0.0292. The Hall–Kier alpha value is -1.52. The molecule has 0 aromatic heterocycles. The maximum atomic E-state index is 12.3. The van der Waals surface area contributed by atoms with E-state index in [1.807, 2.05) is 60.7 Å². The summed E-state index contributed by atoms with van der Waals surface area (Å²) in [5, 5.41) is 3.94. The molecule has 0 aliphatic carbocycles. The molecule has 0 radical (unpaired) electrons. The minimum atomic E-state index is -4.51. The summed E-state index contributed by atoms with van der Waals surface area (Å²) >= 11 is 0. The fourth-order valence-electron chi connectivity index (χ4n) is 8.78. The third-order valence-corrected chi connectivity index (χ3v) is 14.0. The summed E-state index contributed by atoms with van der Waals surface area (Å²) in [6.07, 6.45) is 30.1. The molecule has 0 amide bonds. The molecule has 0 heterocycles. The number of aryl methyl sites for hydroxylation is 4. The van der Waals surface area contributed by atoms with Gasteiger partial charge in [-0.3, -0.25) is 0 Å². The number of benzene rings is 4. The van der Waals surface area contributed by atoms with Gasteiger partial charge < -0.3 is 9.11 Å². The average molecular weight is 903 g/mol. The van der Waals surface area contributed by atoms with Gasteiger partial charge in [0.1, 0.15) is 20.2 Å². The molecular weight excluding hydrogens is 825 g/mol. The molecule has 0 saturated heterocycles. The fraction of sp³-hybridized carbons (Fsp3) is 0.615. The van der Waals surface area contributed by atoms with Crippen LogP contribution in [0.5, 0.6) is 0 Å². The normalized spacial score (nSPS) is 11.8. The van der Waals surface area contributed by atoms with Crippen LogP contribution in [0, 0.1) is 0 Å². The van der Waals surface area contributed by atoms with E-state index in [4.69, 9.17) is 0 Å². The first-order chi connectivity index (χ1) is 29.0. The summed E-state index contributed by atoms with van der Waals surface area (Å²) in [5.74, 6) is 0. The van der Waals surface area contributed by atoms with Crippen LogP contribution in [0.2, 0.25) is 0 Å². The van der Waals surface area contributed by atoms with E-state index in [0.29, 0.717) is 25.7 Å². The van der Waals surface area contributed by atoms with E-state index < -0.39 is 20.2 Å². The van der Waals surface area contributed by atoms with Crippen molar-refractivity contribution in [3.8, 4) is 0 Å². The molecule has 0 aliphatic rings. The summed E-state index contributed by atoms with van der Waals surface area (Å²) in [6.45, 7) is 8.80. The van der Waals surface area contributed by atoms with Gasteiger partial charge in [-0.15, -0.1) is 0 Å². The van der Waals surface area contributed by atoms with Gasteiger partial charge in [-0.1, -0.05) is 205 Å². The zero-order valence-electron chi connectivity index (χ0n) is 38.5. The van der Waals surface area contributed by atoms with Crippen LogP contribution in [-0.2, 0) is 45.9 Å². The monoisotopic (exact) mass is 902 g/mol. The van der Waals surface area contributed by atoms with E-state index >= 15 is 0 Å². The fourth-order valence-corrected chi connectivity index (χ4v) is 10.8. The van der Waals surface area contributed by atoms with Crippen molar-refractivity contribution in [3.63, 3.8) is 0 Å². The second-order valence-electron chi connectivity index (χ2n) is 17.1. The molecule has 0 spiro atoms. The van der Waals surface area contributed by atoms with E-state index in [0.717, 1.165) is 95.2 Å². The SMILES string of the molecule is CCCCCCCCc1cc2ccccc2c(CCCCCCCC)c1S(=O)(=O)[O-].CCCCCCCCc1cc2ccccc2c(CCCCCCCC)c1S(=O)(=O)[O-].[Ca+2]. The second-order valence-corrected chi connectivity index (χ2v) is 19.7. The van der Waals surface area contributed by atoms with Crippen LogP contribution in [0.3, 0.4) is 0 Å². The van der Waals surface area contributed by atoms with E-state index in [9.17, 15) is 25.9 Å². The van der Waals surface area contributed by atoms with Crippen LogP contribution in [-0.4, -0.2) is 63.7 Å². The molecular formula is C52H78CaO6S2. The molecule has 4 aromatic carbocycles. The molecule has 61 heavy (non-hydrogen) atoms. The van der Waals surface area contributed by atoms with Gasteiger partial charge in [0.2, 0.25) is 0 Å². The Morgan fingerprint density at radius 3 is 0.934 bits per heavy atom. The minimum Gasteiger partial charge on any atom is -0.744 e. The van der Waals surface area contributed by atoms with Crippen molar-refractivity contribution in [1.29, 1.82) is 0 Å². The zero-order valence-corrected chi connectivity index (χ0v) is 42.4. The van der Waals surface area contributed by atoms with Crippen LogP contribution in [0.1, 0.15) is 204 Å². The van der Waals surface area contributed by atoms with Gasteiger partial charge in [0.05, 0.1) is 9.79 Å². The maximum absolute atomic E-state index is 12.3. The van der Waals surface area contributed by atoms with Crippen LogP contribution >= 0.6 is 0 Å². The maximum Gasteiger partial charge on any atom is 2.00 e. The van der Waals surface area contributed by atoms with Crippen molar-refractivity contribution in [2.45, 2.75) is 217 Å². The molecule has 6 nitrogen and oxygen atoms in total. The average Bonchev–Trinajstić information content (AvgIpc) is 3.22. The first-order valence-corrected chi connectivity index (χ1v) is 26.8. The van der Waals surface area contributed by atoms with Gasteiger partial charge in [-0.25, -0.2) is 16.8 Å². The Morgan fingerprint density at radius 1 is 0.377 bits per heavy atom. The molecule has 4 rings (SSSR count). The summed E-state index contributed by atoms with van der Waals surface area (Å²) in [5.41, 5.74) is 2.94. The predicted octanol–water partition coefficient (Wildman–Crippen LogP) is 14.7. The Bertz CT molecular complexity index is 1900. The number of hydrogen-bond donors (Lipinski definition) is 0. The molecule has 0 saturated carbocycles. The van der Waals surface area contributed by atoms with Gasteiger partial charge in [0, 0.05) is 0 Å². The van der Waals surface area contributed by atoms with Gasteiger partial charge in [0.25, 0.3) is 0 Å². The molecule has 336 valence electrons. The molecule has 0 N–H and O–H groups in total. The number of fused-ring (bicyclic) bond motifs is 2. The second kappa shape index (κ2) is 31.4. The van der Waals surface area contributed by atoms with Gasteiger partial charge in [0.15, 0.2) is 0 Å². The third kappa shape index (κ3) is 20.0. The van der Waals surface area contributed by atoms with E-state index in [1.54, 1.807) is 0 Å². The van der Waals surface area contributed by atoms with Crippen molar-refractivity contribution in [1.82, 2.24) is 0 Å². The number of hydrogen-bond acceptors (Lipinski definition) is 6. The van der Waals surface area contributed by atoms with Crippen molar-refractivity contribution in [2.75, 3.05) is 0 Å². The number of rotatable bonds is 30. The summed E-state index contributed by atoms with van der Waals surface area (Å²) in [4.78, 5) is 0.145. The van der Waals surface area contributed by atoms with Crippen LogP contribution in [0.25, 0.3) is 21.5 Å². The van der Waals surface area contributed by atoms with Crippen molar-refractivity contribution < 1.29 is 25.9 Å². The molecule has 0 bridgehead atoms. The molecule has 0 aliphatic heterocycles. The van der Waals surface area contributed by atoms with Crippen molar-refractivity contribution in [3.05, 3.63) is 82.9 Å². The summed E-state index contributed by atoms with van der Waals surface area (Å²) in [7, 11) is -9.02. The Kier molecular flexibility index (Phi) is 28.6. The van der Waals surface area contributed by atoms with Crippen LogP contribution in [0.4, 0.5) is 0 Å². The minimum absolute atomic E-state index is 0. The molecule has 9 heteroatoms. The molecule has 0 fully saturated rings. The first-order valence-electron chi connectivity index (χ1n) is 24.0. The molecule has 0 unspecified atom stereocenters. The van der Waals surface area contributed by atoms with E-state index in [-0.39, 0.29) is 47.5 Å². The van der Waals surface area contributed by atoms with Gasteiger partial charge in [-0.05, 0) is 107 Å². The molecule has 4 aromatic rings. The topological polar surface area (TPSA) is 114 Å². The van der Waals surface area contributed by atoms with Gasteiger partial charge in [-0.2, -0.15) is 0 Å². The Balaban J connectivity index is 0.000000413. The smallest absolute Gasteiger partial charge is 0.744 e. The van der Waals surface area contributed by atoms with Crippen LogP contribution < -0.4 is 0 Å². The summed E-state index contributed by atoms with van der Waals surface area (Å²) < 4.78 is 73.9. The van der Waals surface area contributed by atoms with Gasteiger partial charge >= 0.3 is 37.7 Å². The van der Waals surface area contributed by atoms with Crippen molar-refractivity contribution in [2.24, 2.45) is 0 Å². The van der Waals surface area contributed by atoms with E-state index in [1.165, 1.54) is 103 Å². The standard InChI is InChI=1S/2C26H40O3S.Ca/c2*1-3-5-7-9-11-13-18-23-21-22-17-15-16-19-24(22)25(26(23)30(27,28)29)20-14-12-10-8-6-4-2;/h2*15-17,19,21H,3-14,18,20H2,1-2H3,(H,27,28,29);/q;;+2/p-2. The molecule has 0 atom stereocenters. The Labute approximate surface area is 402 Å². The van der Waals surface area contributed by atoms with E-state index in [2.05, 4.69) is 27.7 Å². The summed E-state index contributed by atoms with van der Waals surface area (Å²) in [6, 6.07) is 19.7.